The summed E-state index contributed by atoms with van der Waals surface area (Å²) in [6.07, 6.45) is 0. The van der Waals surface area contributed by atoms with E-state index < -0.39 is 18.6 Å². The van der Waals surface area contributed by atoms with Gasteiger partial charge in [-0.05, 0) is 25.5 Å². The molecule has 0 saturated heterocycles. The van der Waals surface area contributed by atoms with Crippen LogP contribution in [-0.2, 0) is 9.53 Å². The Morgan fingerprint density at radius 1 is 1.39 bits per heavy atom. The molecular weight excluding hydrogens is 244 g/mol. The van der Waals surface area contributed by atoms with Crippen molar-refractivity contribution in [2.45, 2.75) is 26.5 Å². The number of halogens is 2. The lowest BCUT2D eigenvalue weighted by atomic mass is 10.2. The first-order valence-electron chi connectivity index (χ1n) is 5.34. The maximum atomic E-state index is 12.2. The van der Waals surface area contributed by atoms with Crippen molar-refractivity contribution in [1.29, 1.82) is 0 Å². The predicted molar refractivity (Wildman–Crippen MR) is 62.9 cm³/mol. The number of rotatable bonds is 5. The summed E-state index contributed by atoms with van der Waals surface area (Å²) in [6, 6.07) is 4.15. The predicted octanol–water partition coefficient (Wildman–Crippen LogP) is 2.57. The summed E-state index contributed by atoms with van der Waals surface area (Å²) in [5.74, 6) is -0.362. The van der Waals surface area contributed by atoms with Crippen molar-refractivity contribution in [2.24, 2.45) is 0 Å². The fourth-order valence-electron chi connectivity index (χ4n) is 1.40. The molecule has 0 bridgehead atoms. The lowest BCUT2D eigenvalue weighted by Gasteiger charge is -2.15. The molecule has 0 aliphatic rings. The highest BCUT2D eigenvalue weighted by molar-refractivity contribution is 5.78. The van der Waals surface area contributed by atoms with E-state index in [4.69, 9.17) is 0 Å². The summed E-state index contributed by atoms with van der Waals surface area (Å²) in [6.45, 7) is 0.391. The fourth-order valence-corrected chi connectivity index (χ4v) is 1.40. The maximum absolute atomic E-state index is 12.2. The topological polar surface area (TPSA) is 47.6 Å². The second-order valence-corrected chi connectivity index (χ2v) is 3.75. The van der Waals surface area contributed by atoms with Crippen LogP contribution in [-0.4, -0.2) is 25.7 Å². The van der Waals surface area contributed by atoms with Crippen LogP contribution >= 0.6 is 0 Å². The van der Waals surface area contributed by atoms with Crippen LogP contribution < -0.4 is 10.1 Å². The Morgan fingerprint density at radius 2 is 2.06 bits per heavy atom. The molecule has 4 nitrogen and oxygen atoms in total. The molecule has 1 aromatic rings. The van der Waals surface area contributed by atoms with Crippen molar-refractivity contribution in [3.8, 4) is 5.75 Å². The summed E-state index contributed by atoms with van der Waals surface area (Å²) in [4.78, 5) is 11.2. The zero-order chi connectivity index (χ0) is 13.7. The maximum Gasteiger partial charge on any atom is 0.387 e. The molecule has 100 valence electrons. The highest BCUT2D eigenvalue weighted by atomic mass is 19.3. The number of carbonyl (C=O) groups excluding carboxylic acids is 1. The Hall–Kier alpha value is -1.85. The minimum absolute atomic E-state index is 0.0760. The first kappa shape index (κ1) is 14.2. The zero-order valence-corrected chi connectivity index (χ0v) is 10.4. The monoisotopic (exact) mass is 259 g/mol. The van der Waals surface area contributed by atoms with Gasteiger partial charge in [0.2, 0.25) is 0 Å². The minimum atomic E-state index is -2.88. The van der Waals surface area contributed by atoms with Gasteiger partial charge in [0.05, 0.1) is 7.11 Å². The van der Waals surface area contributed by atoms with Crippen LogP contribution in [0.15, 0.2) is 18.2 Å². The number of esters is 1. The van der Waals surface area contributed by atoms with Crippen molar-refractivity contribution in [2.75, 3.05) is 12.4 Å². The third-order valence-corrected chi connectivity index (χ3v) is 2.34. The van der Waals surface area contributed by atoms with Gasteiger partial charge in [-0.2, -0.15) is 8.78 Å². The Balaban J connectivity index is 2.81. The molecule has 0 heterocycles. The van der Waals surface area contributed by atoms with Crippen LogP contribution in [0.25, 0.3) is 0 Å². The lowest BCUT2D eigenvalue weighted by Crippen LogP contribution is -2.27. The molecule has 1 atom stereocenters. The fraction of sp³-hybridized carbons (Fsp3) is 0.417. The molecule has 0 spiro atoms. The van der Waals surface area contributed by atoms with Crippen LogP contribution in [0.3, 0.4) is 0 Å². The van der Waals surface area contributed by atoms with E-state index in [0.717, 1.165) is 0 Å². The van der Waals surface area contributed by atoms with Gasteiger partial charge in [-0.15, -0.1) is 0 Å². The Labute approximate surface area is 104 Å². The van der Waals surface area contributed by atoms with Crippen LogP contribution in [0.4, 0.5) is 14.5 Å². The first-order valence-corrected chi connectivity index (χ1v) is 5.34. The number of ether oxygens (including phenoxy) is 2. The van der Waals surface area contributed by atoms with Gasteiger partial charge >= 0.3 is 12.6 Å². The first-order chi connectivity index (χ1) is 8.43. The Kier molecular flexibility index (Phi) is 4.88. The molecule has 0 aliphatic carbocycles. The summed E-state index contributed by atoms with van der Waals surface area (Å²) < 4.78 is 33.2. The van der Waals surface area contributed by atoms with Crippen molar-refractivity contribution >= 4 is 11.7 Å². The molecule has 0 fully saturated rings. The lowest BCUT2D eigenvalue weighted by molar-refractivity contribution is -0.141. The summed E-state index contributed by atoms with van der Waals surface area (Å²) in [7, 11) is 1.28. The molecule has 0 amide bonds. The third-order valence-electron chi connectivity index (χ3n) is 2.34. The number of benzene rings is 1. The van der Waals surface area contributed by atoms with Gasteiger partial charge in [-0.25, -0.2) is 4.79 Å². The zero-order valence-electron chi connectivity index (χ0n) is 10.4. The van der Waals surface area contributed by atoms with E-state index in [1.807, 2.05) is 0 Å². The van der Waals surface area contributed by atoms with Gasteiger partial charge < -0.3 is 14.8 Å². The average Bonchev–Trinajstić information content (AvgIpc) is 2.31. The molecule has 0 aliphatic heterocycles. The number of nitrogens with one attached hydrogen (secondary N) is 1. The van der Waals surface area contributed by atoms with E-state index in [0.29, 0.717) is 11.3 Å². The molecule has 6 heteroatoms. The molecule has 18 heavy (non-hydrogen) atoms. The quantitative estimate of drug-likeness (QED) is 0.825. The van der Waals surface area contributed by atoms with Gasteiger partial charge in [0.15, 0.2) is 0 Å². The average molecular weight is 259 g/mol. The van der Waals surface area contributed by atoms with Crippen LogP contribution in [0.5, 0.6) is 5.75 Å². The SMILES string of the molecule is COC(=O)C(C)Nc1ccc(C)c(OC(F)F)c1. The number of hydrogen-bond acceptors (Lipinski definition) is 4. The van der Waals surface area contributed by atoms with E-state index in [-0.39, 0.29) is 5.75 Å². The van der Waals surface area contributed by atoms with Gasteiger partial charge in [0, 0.05) is 11.8 Å². The molecule has 0 radical (unpaired) electrons. The van der Waals surface area contributed by atoms with Crippen LogP contribution in [0.1, 0.15) is 12.5 Å². The van der Waals surface area contributed by atoms with Crippen LogP contribution in [0, 0.1) is 6.92 Å². The largest absolute Gasteiger partial charge is 0.467 e. The molecule has 1 rings (SSSR count). The second-order valence-electron chi connectivity index (χ2n) is 3.75. The summed E-state index contributed by atoms with van der Waals surface area (Å²) >= 11 is 0. The summed E-state index contributed by atoms with van der Waals surface area (Å²) in [5.41, 5.74) is 1.10. The van der Waals surface area contributed by atoms with E-state index in [1.54, 1.807) is 26.0 Å². The third kappa shape index (κ3) is 3.87. The van der Waals surface area contributed by atoms with Gasteiger partial charge in [-0.1, -0.05) is 6.07 Å². The van der Waals surface area contributed by atoms with Crippen molar-refractivity contribution in [3.05, 3.63) is 23.8 Å². The van der Waals surface area contributed by atoms with E-state index in [1.165, 1.54) is 13.2 Å². The van der Waals surface area contributed by atoms with E-state index in [2.05, 4.69) is 14.8 Å². The number of anilines is 1. The van der Waals surface area contributed by atoms with E-state index in [9.17, 15) is 13.6 Å². The van der Waals surface area contributed by atoms with Crippen LogP contribution in [0.2, 0.25) is 0 Å². The molecule has 1 aromatic carbocycles. The standard InChI is InChI=1S/C12H15F2NO3/c1-7-4-5-9(6-10(7)18-12(13)14)15-8(2)11(16)17-3/h4-6,8,12,15H,1-3H3. The van der Waals surface area contributed by atoms with Crippen molar-refractivity contribution < 1.29 is 23.0 Å². The molecular formula is C12H15F2NO3. The van der Waals surface area contributed by atoms with E-state index >= 15 is 0 Å². The molecule has 1 unspecified atom stereocenters. The van der Waals surface area contributed by atoms with Crippen molar-refractivity contribution in [3.63, 3.8) is 0 Å². The number of alkyl halides is 2. The number of carbonyl (C=O) groups is 1. The number of methoxy groups -OCH3 is 1. The molecule has 1 N–H and O–H groups in total. The normalized spacial score (nSPS) is 12.1. The molecule has 0 saturated carbocycles. The highest BCUT2D eigenvalue weighted by Crippen LogP contribution is 2.24. The van der Waals surface area contributed by atoms with Gasteiger partial charge in [0.1, 0.15) is 11.8 Å². The van der Waals surface area contributed by atoms with Crippen molar-refractivity contribution in [1.82, 2.24) is 0 Å². The Morgan fingerprint density at radius 3 is 2.61 bits per heavy atom. The van der Waals surface area contributed by atoms with Gasteiger partial charge in [0.25, 0.3) is 0 Å². The second kappa shape index (κ2) is 6.18. The molecule has 0 aromatic heterocycles. The van der Waals surface area contributed by atoms with Gasteiger partial charge in [-0.3, -0.25) is 0 Å². The number of hydrogen-bond donors (Lipinski definition) is 1. The summed E-state index contributed by atoms with van der Waals surface area (Å²) in [5, 5.41) is 2.83. The minimum Gasteiger partial charge on any atom is -0.467 e. The number of aryl methyl sites for hydroxylation is 1. The Bertz CT molecular complexity index is 424. The highest BCUT2D eigenvalue weighted by Gasteiger charge is 2.14. The smallest absolute Gasteiger partial charge is 0.387 e.